The molecule has 2 aromatic rings. The molecular formula is C26H30N2O6. The van der Waals surface area contributed by atoms with Gasteiger partial charge in [-0.2, -0.15) is 0 Å². The number of imide groups is 1. The van der Waals surface area contributed by atoms with Crippen LogP contribution >= 0.6 is 0 Å². The Balaban J connectivity index is 1.68. The van der Waals surface area contributed by atoms with Crippen LogP contribution < -0.4 is 10.1 Å². The van der Waals surface area contributed by atoms with Crippen LogP contribution in [0.5, 0.6) is 5.75 Å². The van der Waals surface area contributed by atoms with E-state index in [1.807, 2.05) is 30.3 Å². The van der Waals surface area contributed by atoms with Crippen molar-refractivity contribution in [2.24, 2.45) is 11.8 Å². The summed E-state index contributed by atoms with van der Waals surface area (Å²) in [6.45, 7) is 1.37. The number of rotatable bonds is 5. The smallest absolute Gasteiger partial charge is 0.327 e. The number of nitrogens with one attached hydrogen (secondary N) is 1. The van der Waals surface area contributed by atoms with Crippen LogP contribution in [-0.4, -0.2) is 57.7 Å². The van der Waals surface area contributed by atoms with E-state index in [-0.39, 0.29) is 11.9 Å². The highest BCUT2D eigenvalue weighted by Crippen LogP contribution is 2.52. The summed E-state index contributed by atoms with van der Waals surface area (Å²) in [5.41, 5.74) is -1.26. The van der Waals surface area contributed by atoms with E-state index in [0.717, 1.165) is 42.9 Å². The Morgan fingerprint density at radius 2 is 1.76 bits per heavy atom. The molecule has 8 heteroatoms. The van der Waals surface area contributed by atoms with Gasteiger partial charge in [0, 0.05) is 17.5 Å². The first kappa shape index (κ1) is 22.8. The summed E-state index contributed by atoms with van der Waals surface area (Å²) in [4.78, 5) is 41.6. The van der Waals surface area contributed by atoms with E-state index in [0.29, 0.717) is 11.3 Å². The molecule has 0 bridgehead atoms. The topological polar surface area (TPSA) is 116 Å². The van der Waals surface area contributed by atoms with Crippen molar-refractivity contribution in [2.75, 3.05) is 7.11 Å². The van der Waals surface area contributed by atoms with E-state index in [9.17, 15) is 24.6 Å². The molecule has 2 aliphatic heterocycles. The fraction of sp³-hybridized carbons (Fsp3) is 0.500. The first-order chi connectivity index (χ1) is 16.3. The molecule has 3 N–H and O–H groups in total. The van der Waals surface area contributed by atoms with Crippen LogP contribution in [0.3, 0.4) is 0 Å². The van der Waals surface area contributed by atoms with Crippen LogP contribution in [0.4, 0.5) is 0 Å². The highest BCUT2D eigenvalue weighted by Gasteiger charge is 2.70. The lowest BCUT2D eigenvalue weighted by Crippen LogP contribution is -2.62. The summed E-state index contributed by atoms with van der Waals surface area (Å²) < 4.78 is 5.50. The van der Waals surface area contributed by atoms with Crippen molar-refractivity contribution in [3.05, 3.63) is 42.0 Å². The molecule has 3 fully saturated rings. The maximum absolute atomic E-state index is 13.8. The lowest BCUT2D eigenvalue weighted by molar-refractivity contribution is -0.157. The standard InChI is InChI=1S/C26H30N2O6/c1-14(29)26(25(32)33)21-20(23(30)28(24(21)31)15-8-4-3-5-9-15)22(27-26)18-12-13-19(34-2)17-11-7-6-10-16(17)18/h6-7,10-15,20-22,27,29H,3-5,8-9H2,1-2H3,(H,32,33). The number of hydrogen-bond donors (Lipinski definition) is 3. The molecule has 0 aromatic heterocycles. The third-order valence-electron chi connectivity index (χ3n) is 8.05. The first-order valence-electron chi connectivity index (χ1n) is 11.9. The van der Waals surface area contributed by atoms with Gasteiger partial charge in [-0.3, -0.25) is 24.6 Å². The Bertz CT molecular complexity index is 1160. The van der Waals surface area contributed by atoms with Crippen LogP contribution in [-0.2, 0) is 14.4 Å². The van der Waals surface area contributed by atoms with Crippen LogP contribution in [0.15, 0.2) is 36.4 Å². The Labute approximate surface area is 197 Å². The maximum Gasteiger partial charge on any atom is 0.327 e. The molecule has 180 valence electrons. The van der Waals surface area contributed by atoms with Gasteiger partial charge in [0.05, 0.1) is 25.0 Å². The lowest BCUT2D eigenvalue weighted by atomic mass is 9.76. The highest BCUT2D eigenvalue weighted by molar-refractivity contribution is 6.10. The zero-order valence-electron chi connectivity index (χ0n) is 19.4. The summed E-state index contributed by atoms with van der Waals surface area (Å²) in [5.74, 6) is -3.61. The van der Waals surface area contributed by atoms with Crippen molar-refractivity contribution < 1.29 is 29.3 Å². The zero-order chi connectivity index (χ0) is 24.2. The Morgan fingerprint density at radius 3 is 2.38 bits per heavy atom. The average Bonchev–Trinajstić information content (AvgIpc) is 3.33. The zero-order valence-corrected chi connectivity index (χ0v) is 19.4. The number of carbonyl (C=O) groups is 3. The minimum Gasteiger partial charge on any atom is -0.496 e. The summed E-state index contributed by atoms with van der Waals surface area (Å²) in [6, 6.07) is 10.2. The summed E-state index contributed by atoms with van der Waals surface area (Å²) in [5, 5.41) is 25.8. The van der Waals surface area contributed by atoms with Crippen LogP contribution in [0, 0.1) is 11.8 Å². The number of carboxylic acid groups (broad SMARTS) is 1. The molecule has 0 radical (unpaired) electrons. The third-order valence-corrected chi connectivity index (χ3v) is 8.05. The first-order valence-corrected chi connectivity index (χ1v) is 11.9. The van der Waals surface area contributed by atoms with Crippen molar-refractivity contribution >= 4 is 28.6 Å². The predicted molar refractivity (Wildman–Crippen MR) is 124 cm³/mol. The fourth-order valence-corrected chi connectivity index (χ4v) is 6.43. The normalized spacial score (nSPS) is 30.6. The Hall–Kier alpha value is -2.97. The number of nitrogens with zero attached hydrogens (tertiary/aromatic N) is 1. The molecular weight excluding hydrogens is 436 g/mol. The number of amides is 2. The van der Waals surface area contributed by atoms with Crippen LogP contribution in [0.2, 0.25) is 0 Å². The second-order valence-electron chi connectivity index (χ2n) is 9.72. The van der Waals surface area contributed by atoms with Crippen molar-refractivity contribution in [3.63, 3.8) is 0 Å². The Kier molecular flexibility index (Phi) is 5.61. The van der Waals surface area contributed by atoms with E-state index in [2.05, 4.69) is 5.32 Å². The molecule has 34 heavy (non-hydrogen) atoms. The number of aliphatic hydroxyl groups excluding tert-OH is 1. The number of methoxy groups -OCH3 is 1. The molecule has 5 rings (SSSR count). The largest absolute Gasteiger partial charge is 0.496 e. The van der Waals surface area contributed by atoms with Gasteiger partial charge >= 0.3 is 5.97 Å². The lowest BCUT2D eigenvalue weighted by Gasteiger charge is -2.36. The van der Waals surface area contributed by atoms with Gasteiger partial charge in [0.2, 0.25) is 11.8 Å². The monoisotopic (exact) mass is 466 g/mol. The van der Waals surface area contributed by atoms with E-state index < -0.39 is 41.4 Å². The molecule has 3 aliphatic rings. The second-order valence-corrected chi connectivity index (χ2v) is 9.72. The quantitative estimate of drug-likeness (QED) is 0.580. The molecule has 5 unspecified atom stereocenters. The van der Waals surface area contributed by atoms with Crippen molar-refractivity contribution in [1.29, 1.82) is 0 Å². The summed E-state index contributed by atoms with van der Waals surface area (Å²) in [6.07, 6.45) is 3.00. The van der Waals surface area contributed by atoms with Gasteiger partial charge in [0.25, 0.3) is 0 Å². The van der Waals surface area contributed by atoms with E-state index in [1.165, 1.54) is 11.8 Å². The summed E-state index contributed by atoms with van der Waals surface area (Å²) in [7, 11) is 1.58. The third kappa shape index (κ3) is 3.08. The fourth-order valence-electron chi connectivity index (χ4n) is 6.43. The SMILES string of the molecule is COc1ccc(C2NC(C(=O)O)(C(C)O)C3C(=O)N(C4CCCCC4)C(=O)C23)c2ccccc12. The average molecular weight is 467 g/mol. The number of benzene rings is 2. The van der Waals surface area contributed by atoms with Gasteiger partial charge in [-0.25, -0.2) is 0 Å². The van der Waals surface area contributed by atoms with Crippen molar-refractivity contribution in [2.45, 2.75) is 62.8 Å². The summed E-state index contributed by atoms with van der Waals surface area (Å²) >= 11 is 0. The molecule has 2 saturated heterocycles. The number of fused-ring (bicyclic) bond motifs is 2. The molecule has 2 aromatic carbocycles. The van der Waals surface area contributed by atoms with E-state index >= 15 is 0 Å². The predicted octanol–water partition coefficient (Wildman–Crippen LogP) is 2.63. The van der Waals surface area contributed by atoms with Gasteiger partial charge in [0.15, 0.2) is 5.54 Å². The number of hydrogen-bond acceptors (Lipinski definition) is 6. The van der Waals surface area contributed by atoms with Crippen LogP contribution in [0.1, 0.15) is 50.6 Å². The Morgan fingerprint density at radius 1 is 1.09 bits per heavy atom. The highest BCUT2D eigenvalue weighted by atomic mass is 16.5. The number of ether oxygens (including phenoxy) is 1. The van der Waals surface area contributed by atoms with Gasteiger partial charge in [-0.15, -0.1) is 0 Å². The number of carboxylic acids is 1. The number of aliphatic carboxylic acids is 1. The molecule has 1 saturated carbocycles. The van der Waals surface area contributed by atoms with Crippen molar-refractivity contribution in [3.8, 4) is 5.75 Å². The van der Waals surface area contributed by atoms with Gasteiger partial charge in [0.1, 0.15) is 5.75 Å². The number of aliphatic hydroxyl groups is 1. The van der Waals surface area contributed by atoms with Gasteiger partial charge in [-0.1, -0.05) is 49.6 Å². The molecule has 2 heterocycles. The van der Waals surface area contributed by atoms with Crippen LogP contribution in [0.25, 0.3) is 10.8 Å². The van der Waals surface area contributed by atoms with E-state index in [1.54, 1.807) is 13.2 Å². The number of likely N-dealkylation sites (tertiary alicyclic amines) is 1. The number of carbonyl (C=O) groups excluding carboxylic acids is 2. The second kappa shape index (κ2) is 8.36. The molecule has 5 atom stereocenters. The molecule has 2 amide bonds. The molecule has 1 aliphatic carbocycles. The van der Waals surface area contributed by atoms with Gasteiger partial charge < -0.3 is 14.9 Å². The van der Waals surface area contributed by atoms with Gasteiger partial charge in [-0.05, 0) is 36.8 Å². The van der Waals surface area contributed by atoms with E-state index in [4.69, 9.17) is 4.74 Å². The minimum atomic E-state index is -1.97. The minimum absolute atomic E-state index is 0.215. The van der Waals surface area contributed by atoms with Crippen molar-refractivity contribution in [1.82, 2.24) is 10.2 Å². The molecule has 0 spiro atoms. The molecule has 8 nitrogen and oxygen atoms in total. The maximum atomic E-state index is 13.8.